The normalized spacial score (nSPS) is 29.3. The monoisotopic (exact) mass is 127 g/mol. The van der Waals surface area contributed by atoms with E-state index in [0.717, 1.165) is 0 Å². The minimum absolute atomic E-state index is 0.630. The number of hydrogen-bond donors (Lipinski definition) is 0. The third-order valence-corrected chi connectivity index (χ3v) is 2.06. The first-order chi connectivity index (χ1) is 4.36. The molecule has 0 aromatic carbocycles. The Hall–Kier alpha value is -0.0800. The molecule has 53 valence electrons. The second kappa shape index (κ2) is 3.18. The quantitative estimate of drug-likeness (QED) is 0.522. The maximum Gasteiger partial charge on any atom is 0.0382 e. The number of hydrogen-bond acceptors (Lipinski definition) is 1. The summed E-state index contributed by atoms with van der Waals surface area (Å²) in [6.07, 6.45) is 1.27. The molecule has 0 aromatic rings. The van der Waals surface area contributed by atoms with E-state index in [1.165, 1.54) is 26.1 Å². The van der Waals surface area contributed by atoms with Crippen LogP contribution in [0.3, 0.4) is 0 Å². The summed E-state index contributed by atoms with van der Waals surface area (Å²) in [6.45, 7) is 5.83. The van der Waals surface area contributed by atoms with E-state index in [2.05, 4.69) is 17.1 Å². The van der Waals surface area contributed by atoms with E-state index in [1.54, 1.807) is 0 Å². The lowest BCUT2D eigenvalue weighted by molar-refractivity contribution is 0.348. The van der Waals surface area contributed by atoms with Gasteiger partial charge in [-0.3, -0.25) is 0 Å². The maximum atomic E-state index is 4.24. The molecule has 1 aliphatic heterocycles. The third kappa shape index (κ3) is 1.66. The summed E-state index contributed by atoms with van der Waals surface area (Å²) in [5.74, 6) is 0. The molecule has 0 aliphatic carbocycles. The Kier molecular flexibility index (Phi) is 2.49. The van der Waals surface area contributed by atoms with Gasteiger partial charge in [0.2, 0.25) is 0 Å². The maximum absolute atomic E-state index is 4.24. The molecule has 0 aromatic heterocycles. The largest absolute Gasteiger partial charge is 0.302 e. The average molecular weight is 127 g/mol. The molecule has 1 aliphatic rings. The molecule has 1 unspecified atom stereocenters. The molecule has 0 N–H and O–H groups in total. The molecule has 1 rings (SSSR count). The van der Waals surface area contributed by atoms with E-state index in [1.807, 2.05) is 7.05 Å². The summed E-state index contributed by atoms with van der Waals surface area (Å²) in [4.78, 5) is 2.44. The van der Waals surface area contributed by atoms with Crippen molar-refractivity contribution < 1.29 is 0 Å². The zero-order valence-electron chi connectivity index (χ0n) is 6.30. The fourth-order valence-electron chi connectivity index (χ4n) is 1.31. The van der Waals surface area contributed by atoms with Crippen molar-refractivity contribution in [3.05, 3.63) is 0 Å². The van der Waals surface area contributed by atoms with Gasteiger partial charge in [0, 0.05) is 19.6 Å². The highest BCUT2D eigenvalue weighted by Gasteiger charge is 2.19. The molecule has 0 spiro atoms. The first-order valence-electron chi connectivity index (χ1n) is 3.68. The van der Waals surface area contributed by atoms with Crippen LogP contribution < -0.4 is 5.32 Å². The Morgan fingerprint density at radius 1 is 1.67 bits per heavy atom. The SMILES string of the molecule is CCN1CCC([N]C)C1. The second-order valence-corrected chi connectivity index (χ2v) is 2.59. The Labute approximate surface area is 57.2 Å². The van der Waals surface area contributed by atoms with Gasteiger partial charge in [-0.05, 0) is 19.5 Å². The van der Waals surface area contributed by atoms with Crippen LogP contribution >= 0.6 is 0 Å². The van der Waals surface area contributed by atoms with Crippen LogP contribution in [0, 0.1) is 0 Å². The van der Waals surface area contributed by atoms with Crippen LogP contribution in [-0.4, -0.2) is 37.6 Å². The summed E-state index contributed by atoms with van der Waals surface area (Å²) in [7, 11) is 1.92. The zero-order valence-corrected chi connectivity index (χ0v) is 6.30. The van der Waals surface area contributed by atoms with Crippen molar-refractivity contribution in [3.8, 4) is 0 Å². The van der Waals surface area contributed by atoms with Gasteiger partial charge in [0.15, 0.2) is 0 Å². The van der Waals surface area contributed by atoms with Crippen LogP contribution in [0.1, 0.15) is 13.3 Å². The molecule has 2 nitrogen and oxygen atoms in total. The lowest BCUT2D eigenvalue weighted by Crippen LogP contribution is -2.25. The topological polar surface area (TPSA) is 17.3 Å². The zero-order chi connectivity index (χ0) is 6.69. The van der Waals surface area contributed by atoms with Gasteiger partial charge >= 0.3 is 0 Å². The molecule has 2 heteroatoms. The summed E-state index contributed by atoms with van der Waals surface area (Å²) in [5.41, 5.74) is 0. The van der Waals surface area contributed by atoms with Crippen molar-refractivity contribution in [1.82, 2.24) is 10.2 Å². The Balaban J connectivity index is 2.20. The summed E-state index contributed by atoms with van der Waals surface area (Å²) >= 11 is 0. The highest BCUT2D eigenvalue weighted by atomic mass is 15.2. The summed E-state index contributed by atoms with van der Waals surface area (Å²) in [5, 5.41) is 4.24. The fourth-order valence-corrected chi connectivity index (χ4v) is 1.31. The minimum Gasteiger partial charge on any atom is -0.302 e. The minimum atomic E-state index is 0.630. The van der Waals surface area contributed by atoms with Crippen molar-refractivity contribution >= 4 is 0 Å². The van der Waals surface area contributed by atoms with Crippen molar-refractivity contribution in [2.75, 3.05) is 26.7 Å². The van der Waals surface area contributed by atoms with Gasteiger partial charge in [0.05, 0.1) is 0 Å². The van der Waals surface area contributed by atoms with Crippen LogP contribution in [0.25, 0.3) is 0 Å². The third-order valence-electron chi connectivity index (χ3n) is 2.06. The molecule has 1 saturated heterocycles. The molecule has 1 atom stereocenters. The van der Waals surface area contributed by atoms with Crippen LogP contribution in [0.5, 0.6) is 0 Å². The molecule has 0 saturated carbocycles. The van der Waals surface area contributed by atoms with Crippen molar-refractivity contribution in [2.24, 2.45) is 0 Å². The lowest BCUT2D eigenvalue weighted by Gasteiger charge is -2.10. The first-order valence-corrected chi connectivity index (χ1v) is 3.68. The summed E-state index contributed by atoms with van der Waals surface area (Å²) < 4.78 is 0. The molecular weight excluding hydrogens is 112 g/mol. The van der Waals surface area contributed by atoms with Gasteiger partial charge in [-0.2, -0.15) is 0 Å². The molecule has 1 fully saturated rings. The Morgan fingerprint density at radius 2 is 2.44 bits per heavy atom. The average Bonchev–Trinajstić information content (AvgIpc) is 2.34. The number of likely N-dealkylation sites (tertiary alicyclic amines) is 1. The lowest BCUT2D eigenvalue weighted by atomic mass is 10.3. The van der Waals surface area contributed by atoms with E-state index in [-0.39, 0.29) is 0 Å². The number of rotatable bonds is 2. The molecule has 0 amide bonds. The number of likely N-dealkylation sites (N-methyl/N-ethyl adjacent to an activating group) is 2. The van der Waals surface area contributed by atoms with E-state index in [4.69, 9.17) is 0 Å². The van der Waals surface area contributed by atoms with Crippen LogP contribution in [-0.2, 0) is 0 Å². The van der Waals surface area contributed by atoms with Crippen LogP contribution in [0.15, 0.2) is 0 Å². The van der Waals surface area contributed by atoms with Crippen molar-refractivity contribution in [3.63, 3.8) is 0 Å². The van der Waals surface area contributed by atoms with Crippen LogP contribution in [0.4, 0.5) is 0 Å². The molecule has 1 radical (unpaired) electrons. The van der Waals surface area contributed by atoms with Gasteiger partial charge in [0.1, 0.15) is 0 Å². The van der Waals surface area contributed by atoms with Crippen LogP contribution in [0.2, 0.25) is 0 Å². The van der Waals surface area contributed by atoms with Gasteiger partial charge in [-0.1, -0.05) is 6.92 Å². The van der Waals surface area contributed by atoms with E-state index < -0.39 is 0 Å². The smallest absolute Gasteiger partial charge is 0.0382 e. The Bertz CT molecular complexity index is 73.0. The van der Waals surface area contributed by atoms with Gasteiger partial charge in [-0.15, -0.1) is 0 Å². The van der Waals surface area contributed by atoms with Gasteiger partial charge in [-0.25, -0.2) is 5.32 Å². The van der Waals surface area contributed by atoms with Crippen molar-refractivity contribution in [1.29, 1.82) is 0 Å². The molecule has 0 bridgehead atoms. The Morgan fingerprint density at radius 3 is 2.78 bits per heavy atom. The summed E-state index contributed by atoms with van der Waals surface area (Å²) in [6, 6.07) is 0.630. The second-order valence-electron chi connectivity index (χ2n) is 2.59. The van der Waals surface area contributed by atoms with Crippen molar-refractivity contribution in [2.45, 2.75) is 19.4 Å². The first kappa shape index (κ1) is 7.03. The predicted octanol–water partition coefficient (Wildman–Crippen LogP) is 0.315. The highest BCUT2D eigenvalue weighted by Crippen LogP contribution is 2.07. The van der Waals surface area contributed by atoms with E-state index in [0.29, 0.717) is 6.04 Å². The molecule has 1 heterocycles. The van der Waals surface area contributed by atoms with Gasteiger partial charge < -0.3 is 4.90 Å². The van der Waals surface area contributed by atoms with E-state index >= 15 is 0 Å². The van der Waals surface area contributed by atoms with E-state index in [9.17, 15) is 0 Å². The molecule has 9 heavy (non-hydrogen) atoms. The van der Waals surface area contributed by atoms with Gasteiger partial charge in [0.25, 0.3) is 0 Å². The highest BCUT2D eigenvalue weighted by molar-refractivity contribution is 4.78. The fraction of sp³-hybridized carbons (Fsp3) is 1.00. The standard InChI is InChI=1S/C7H15N2/c1-3-9-5-4-7(6-9)8-2/h7H,3-6H2,1-2H3. The predicted molar refractivity (Wildman–Crippen MR) is 38.6 cm³/mol. The number of nitrogens with zero attached hydrogens (tertiary/aromatic N) is 2. The molecular formula is C7H15N2.